The number of primary sulfonamides is 1. The summed E-state index contributed by atoms with van der Waals surface area (Å²) in [6.07, 6.45) is 0.959. The van der Waals surface area contributed by atoms with Crippen molar-refractivity contribution in [2.24, 2.45) is 5.14 Å². The van der Waals surface area contributed by atoms with Gasteiger partial charge in [0.25, 0.3) is 0 Å². The molecule has 0 fully saturated rings. The summed E-state index contributed by atoms with van der Waals surface area (Å²) in [5.74, 6) is 0. The fourth-order valence-corrected chi connectivity index (χ4v) is 3.19. The van der Waals surface area contributed by atoms with E-state index < -0.39 is 10.0 Å². The van der Waals surface area contributed by atoms with Crippen molar-refractivity contribution in [3.8, 4) is 11.1 Å². The molecule has 2 aromatic rings. The number of benzene rings is 2. The number of fused-ring (bicyclic) bond motifs is 1. The first-order valence-electron chi connectivity index (χ1n) is 6.05. The van der Waals surface area contributed by atoms with Crippen LogP contribution >= 0.6 is 0 Å². The Balaban J connectivity index is 2.18. The molecule has 98 valence electrons. The number of rotatable bonds is 2. The summed E-state index contributed by atoms with van der Waals surface area (Å²) in [6, 6.07) is 12.7. The zero-order chi connectivity index (χ0) is 13.5. The minimum Gasteiger partial charge on any atom is -0.384 e. The summed E-state index contributed by atoms with van der Waals surface area (Å²) >= 11 is 0. The smallest absolute Gasteiger partial charge is 0.238 e. The van der Waals surface area contributed by atoms with Crippen molar-refractivity contribution in [3.05, 3.63) is 48.0 Å². The van der Waals surface area contributed by atoms with E-state index >= 15 is 0 Å². The lowest BCUT2D eigenvalue weighted by atomic mass is 10.0. The molecule has 2 aromatic carbocycles. The third-order valence-electron chi connectivity index (χ3n) is 3.32. The summed E-state index contributed by atoms with van der Waals surface area (Å²) in [7, 11) is -3.71. The number of hydrogen-bond donors (Lipinski definition) is 2. The van der Waals surface area contributed by atoms with Crippen LogP contribution in [0, 0.1) is 0 Å². The van der Waals surface area contributed by atoms with Crippen LogP contribution in [0.5, 0.6) is 0 Å². The van der Waals surface area contributed by atoms with Crippen molar-refractivity contribution < 1.29 is 8.42 Å². The average molecular weight is 274 g/mol. The van der Waals surface area contributed by atoms with Crippen molar-refractivity contribution in [1.29, 1.82) is 0 Å². The first kappa shape index (κ1) is 12.2. The normalized spacial score (nSPS) is 13.9. The van der Waals surface area contributed by atoms with E-state index in [0.717, 1.165) is 24.2 Å². The van der Waals surface area contributed by atoms with Gasteiger partial charge in [-0.3, -0.25) is 0 Å². The Morgan fingerprint density at radius 1 is 1.11 bits per heavy atom. The monoisotopic (exact) mass is 274 g/mol. The topological polar surface area (TPSA) is 72.2 Å². The molecular formula is C14H14N2O2S. The molecule has 3 rings (SSSR count). The minimum atomic E-state index is -3.71. The van der Waals surface area contributed by atoms with Gasteiger partial charge in [-0.15, -0.1) is 0 Å². The van der Waals surface area contributed by atoms with Crippen LogP contribution in [-0.4, -0.2) is 15.0 Å². The Bertz CT molecular complexity index is 739. The standard InChI is InChI=1S/C14H14N2O2S/c15-19(17,18)14-4-2-1-3-12(14)10-5-6-13-11(9-10)7-8-16-13/h1-6,9,16H,7-8H2,(H2,15,17,18). The van der Waals surface area contributed by atoms with Crippen LogP contribution in [0.4, 0.5) is 5.69 Å². The van der Waals surface area contributed by atoms with E-state index in [1.807, 2.05) is 24.3 Å². The molecule has 0 radical (unpaired) electrons. The number of nitrogens with two attached hydrogens (primary N) is 1. The highest BCUT2D eigenvalue weighted by Gasteiger charge is 2.16. The molecule has 0 saturated carbocycles. The van der Waals surface area contributed by atoms with Crippen molar-refractivity contribution in [2.75, 3.05) is 11.9 Å². The maximum Gasteiger partial charge on any atom is 0.238 e. The number of nitrogens with one attached hydrogen (secondary N) is 1. The van der Waals surface area contributed by atoms with Crippen LogP contribution < -0.4 is 10.5 Å². The molecule has 0 aromatic heterocycles. The SMILES string of the molecule is NS(=O)(=O)c1ccccc1-c1ccc2c(c1)CCN2. The van der Waals surface area contributed by atoms with Gasteiger partial charge in [0.05, 0.1) is 4.90 Å². The van der Waals surface area contributed by atoms with Crippen molar-refractivity contribution >= 4 is 15.7 Å². The van der Waals surface area contributed by atoms with Gasteiger partial charge in [0.15, 0.2) is 0 Å². The third kappa shape index (κ3) is 2.22. The van der Waals surface area contributed by atoms with Crippen LogP contribution in [0.25, 0.3) is 11.1 Å². The second-order valence-electron chi connectivity index (χ2n) is 4.59. The minimum absolute atomic E-state index is 0.168. The third-order valence-corrected chi connectivity index (χ3v) is 4.29. The molecule has 3 N–H and O–H groups in total. The fraction of sp³-hybridized carbons (Fsp3) is 0.143. The zero-order valence-electron chi connectivity index (χ0n) is 10.3. The van der Waals surface area contributed by atoms with E-state index in [4.69, 9.17) is 5.14 Å². The second kappa shape index (κ2) is 4.36. The maximum absolute atomic E-state index is 11.6. The Hall–Kier alpha value is -1.85. The fourth-order valence-electron chi connectivity index (χ4n) is 2.43. The molecule has 0 spiro atoms. The van der Waals surface area contributed by atoms with Gasteiger partial charge < -0.3 is 5.32 Å². The predicted octanol–water partition coefficient (Wildman–Crippen LogP) is 1.97. The molecule has 5 heteroatoms. The molecule has 0 aliphatic carbocycles. The maximum atomic E-state index is 11.6. The molecule has 0 amide bonds. The van der Waals surface area contributed by atoms with Gasteiger partial charge in [-0.05, 0) is 35.7 Å². The van der Waals surface area contributed by atoms with Crippen molar-refractivity contribution in [2.45, 2.75) is 11.3 Å². The lowest BCUT2D eigenvalue weighted by Crippen LogP contribution is -2.13. The lowest BCUT2D eigenvalue weighted by molar-refractivity contribution is 0.598. The number of anilines is 1. The van der Waals surface area contributed by atoms with Gasteiger partial charge in [0.2, 0.25) is 10.0 Å². The predicted molar refractivity (Wildman–Crippen MR) is 75.4 cm³/mol. The molecule has 0 saturated heterocycles. The van der Waals surface area contributed by atoms with Gasteiger partial charge in [0, 0.05) is 17.8 Å². The van der Waals surface area contributed by atoms with Gasteiger partial charge in [-0.25, -0.2) is 13.6 Å². The lowest BCUT2D eigenvalue weighted by Gasteiger charge is -2.09. The molecule has 1 aliphatic rings. The molecule has 1 heterocycles. The van der Waals surface area contributed by atoms with Gasteiger partial charge in [0.1, 0.15) is 0 Å². The number of sulfonamides is 1. The Labute approximate surface area is 112 Å². The summed E-state index contributed by atoms with van der Waals surface area (Å²) < 4.78 is 23.3. The number of hydrogen-bond acceptors (Lipinski definition) is 3. The van der Waals surface area contributed by atoms with Crippen LogP contribution in [0.3, 0.4) is 0 Å². The molecule has 0 atom stereocenters. The largest absolute Gasteiger partial charge is 0.384 e. The summed E-state index contributed by atoms with van der Waals surface area (Å²) in [5.41, 5.74) is 3.87. The average Bonchev–Trinajstić information content (AvgIpc) is 2.85. The van der Waals surface area contributed by atoms with Crippen molar-refractivity contribution in [1.82, 2.24) is 0 Å². The Morgan fingerprint density at radius 3 is 2.68 bits per heavy atom. The van der Waals surface area contributed by atoms with Gasteiger partial charge in [-0.2, -0.15) is 0 Å². The van der Waals surface area contributed by atoms with E-state index in [2.05, 4.69) is 5.32 Å². The van der Waals surface area contributed by atoms with E-state index in [-0.39, 0.29) is 4.90 Å². The highest BCUT2D eigenvalue weighted by atomic mass is 32.2. The van der Waals surface area contributed by atoms with E-state index in [1.54, 1.807) is 12.1 Å². The summed E-state index contributed by atoms with van der Waals surface area (Å²) in [6.45, 7) is 0.926. The highest BCUT2D eigenvalue weighted by Crippen LogP contribution is 2.31. The van der Waals surface area contributed by atoms with E-state index in [0.29, 0.717) is 5.56 Å². The van der Waals surface area contributed by atoms with Gasteiger partial charge >= 0.3 is 0 Å². The first-order chi connectivity index (χ1) is 9.05. The summed E-state index contributed by atoms with van der Waals surface area (Å²) in [4.78, 5) is 0.168. The zero-order valence-corrected chi connectivity index (χ0v) is 11.1. The van der Waals surface area contributed by atoms with Crippen LogP contribution in [0.15, 0.2) is 47.4 Å². The molecule has 0 unspecified atom stereocenters. The van der Waals surface area contributed by atoms with Crippen LogP contribution in [-0.2, 0) is 16.4 Å². The Morgan fingerprint density at radius 2 is 1.89 bits per heavy atom. The van der Waals surface area contributed by atoms with E-state index in [9.17, 15) is 8.42 Å². The summed E-state index contributed by atoms with van der Waals surface area (Å²) in [5, 5.41) is 8.55. The van der Waals surface area contributed by atoms with Gasteiger partial charge in [-0.1, -0.05) is 24.3 Å². The first-order valence-corrected chi connectivity index (χ1v) is 7.59. The van der Waals surface area contributed by atoms with Crippen molar-refractivity contribution in [3.63, 3.8) is 0 Å². The van der Waals surface area contributed by atoms with E-state index in [1.165, 1.54) is 11.6 Å². The second-order valence-corrected chi connectivity index (χ2v) is 6.12. The Kier molecular flexibility index (Phi) is 2.80. The van der Waals surface area contributed by atoms with Crippen LogP contribution in [0.2, 0.25) is 0 Å². The molecular weight excluding hydrogens is 260 g/mol. The van der Waals surface area contributed by atoms with Crippen LogP contribution in [0.1, 0.15) is 5.56 Å². The molecule has 0 bridgehead atoms. The molecule has 1 aliphatic heterocycles. The molecule has 19 heavy (non-hydrogen) atoms. The molecule has 4 nitrogen and oxygen atoms in total. The highest BCUT2D eigenvalue weighted by molar-refractivity contribution is 7.89. The quantitative estimate of drug-likeness (QED) is 0.879.